The van der Waals surface area contributed by atoms with Crippen molar-refractivity contribution in [1.29, 1.82) is 0 Å². The van der Waals surface area contributed by atoms with Crippen molar-refractivity contribution in [3.63, 3.8) is 0 Å². The molecular weight excluding hydrogens is 216 g/mol. The molecule has 0 saturated carbocycles. The second-order valence-corrected chi connectivity index (χ2v) is 5.34. The van der Waals surface area contributed by atoms with Gasteiger partial charge in [-0.05, 0) is 39.5 Å². The first-order valence-corrected chi connectivity index (χ1v) is 6.62. The summed E-state index contributed by atoms with van der Waals surface area (Å²) < 4.78 is 5.67. The van der Waals surface area contributed by atoms with E-state index in [0.29, 0.717) is 12.5 Å². The lowest BCUT2D eigenvalue weighted by molar-refractivity contribution is -0.127. The fraction of sp³-hybridized carbons (Fsp3) is 0.923. The first-order valence-electron chi connectivity index (χ1n) is 6.62. The molecular formula is C13H26N2O2. The van der Waals surface area contributed by atoms with Crippen LogP contribution in [0.5, 0.6) is 0 Å². The van der Waals surface area contributed by atoms with Gasteiger partial charge in [0.15, 0.2) is 0 Å². The van der Waals surface area contributed by atoms with Crippen LogP contribution in [0.4, 0.5) is 0 Å². The van der Waals surface area contributed by atoms with Gasteiger partial charge < -0.3 is 15.8 Å². The maximum atomic E-state index is 12.0. The topological polar surface area (TPSA) is 64.3 Å². The van der Waals surface area contributed by atoms with Crippen LogP contribution < -0.4 is 11.1 Å². The van der Waals surface area contributed by atoms with Crippen LogP contribution in [-0.2, 0) is 9.53 Å². The fourth-order valence-electron chi connectivity index (χ4n) is 2.47. The largest absolute Gasteiger partial charge is 0.374 e. The summed E-state index contributed by atoms with van der Waals surface area (Å²) in [6.45, 7) is 8.79. The molecule has 0 aromatic rings. The standard InChI is InChI=1S/C13H26N2O2/c1-8(14)6-5-7-15-13(16)12-9(2)10(3)17-11(12)4/h8-12H,5-7,14H2,1-4H3,(H,15,16). The molecule has 1 aliphatic rings. The van der Waals surface area contributed by atoms with Gasteiger partial charge in [0.1, 0.15) is 0 Å². The van der Waals surface area contributed by atoms with Crippen LogP contribution >= 0.6 is 0 Å². The summed E-state index contributed by atoms with van der Waals surface area (Å²) in [7, 11) is 0. The summed E-state index contributed by atoms with van der Waals surface area (Å²) in [6, 6.07) is 0.208. The molecule has 0 aromatic heterocycles. The van der Waals surface area contributed by atoms with Crippen molar-refractivity contribution < 1.29 is 9.53 Å². The highest BCUT2D eigenvalue weighted by atomic mass is 16.5. The molecule has 0 aliphatic carbocycles. The highest BCUT2D eigenvalue weighted by Gasteiger charge is 2.41. The highest BCUT2D eigenvalue weighted by molar-refractivity contribution is 5.79. The Labute approximate surface area is 104 Å². The summed E-state index contributed by atoms with van der Waals surface area (Å²) in [5, 5.41) is 2.99. The van der Waals surface area contributed by atoms with E-state index >= 15 is 0 Å². The van der Waals surface area contributed by atoms with Crippen LogP contribution in [-0.4, -0.2) is 30.7 Å². The molecule has 0 aromatic carbocycles. The van der Waals surface area contributed by atoms with Gasteiger partial charge in [0.25, 0.3) is 0 Å². The number of amides is 1. The highest BCUT2D eigenvalue weighted by Crippen LogP contribution is 2.32. The first-order chi connectivity index (χ1) is 7.93. The van der Waals surface area contributed by atoms with E-state index in [0.717, 1.165) is 12.8 Å². The predicted molar refractivity (Wildman–Crippen MR) is 68.6 cm³/mol. The van der Waals surface area contributed by atoms with Gasteiger partial charge in [-0.1, -0.05) is 6.92 Å². The van der Waals surface area contributed by atoms with E-state index in [-0.39, 0.29) is 30.1 Å². The summed E-state index contributed by atoms with van der Waals surface area (Å²) in [4.78, 5) is 12.0. The van der Waals surface area contributed by atoms with Crippen LogP contribution in [0.1, 0.15) is 40.5 Å². The first kappa shape index (κ1) is 14.5. The predicted octanol–water partition coefficient (Wildman–Crippen LogP) is 1.29. The van der Waals surface area contributed by atoms with Crippen molar-refractivity contribution in [1.82, 2.24) is 5.32 Å². The van der Waals surface area contributed by atoms with E-state index in [1.54, 1.807) is 0 Å². The number of nitrogens with two attached hydrogens (primary N) is 1. The van der Waals surface area contributed by atoms with E-state index in [9.17, 15) is 4.79 Å². The minimum absolute atomic E-state index is 0.0136. The number of nitrogens with one attached hydrogen (secondary N) is 1. The molecule has 4 heteroatoms. The minimum atomic E-state index is -0.0136. The number of carbonyl (C=O) groups is 1. The molecule has 0 radical (unpaired) electrons. The maximum absolute atomic E-state index is 12.0. The third kappa shape index (κ3) is 3.96. The van der Waals surface area contributed by atoms with Gasteiger partial charge in [-0.2, -0.15) is 0 Å². The van der Waals surface area contributed by atoms with E-state index in [1.165, 1.54) is 0 Å². The zero-order valence-electron chi connectivity index (χ0n) is 11.4. The molecule has 0 bridgehead atoms. The Bertz CT molecular complexity index is 256. The molecule has 1 saturated heterocycles. The molecule has 1 aliphatic heterocycles. The average molecular weight is 242 g/mol. The monoisotopic (exact) mass is 242 g/mol. The number of ether oxygens (including phenoxy) is 1. The quantitative estimate of drug-likeness (QED) is 0.714. The zero-order chi connectivity index (χ0) is 13.0. The number of rotatable bonds is 5. The molecule has 5 unspecified atom stereocenters. The second-order valence-electron chi connectivity index (χ2n) is 5.34. The van der Waals surface area contributed by atoms with Gasteiger partial charge in [0.2, 0.25) is 5.91 Å². The summed E-state index contributed by atoms with van der Waals surface area (Å²) in [5.74, 6) is 0.401. The van der Waals surface area contributed by atoms with Crippen LogP contribution in [0.2, 0.25) is 0 Å². The van der Waals surface area contributed by atoms with Gasteiger partial charge >= 0.3 is 0 Å². The van der Waals surface area contributed by atoms with Crippen molar-refractivity contribution in [2.75, 3.05) is 6.54 Å². The molecule has 100 valence electrons. The summed E-state index contributed by atoms with van der Waals surface area (Å²) >= 11 is 0. The average Bonchev–Trinajstić information content (AvgIpc) is 2.48. The molecule has 4 nitrogen and oxygen atoms in total. The van der Waals surface area contributed by atoms with Crippen molar-refractivity contribution in [3.8, 4) is 0 Å². The Kier molecular flexibility index (Phi) is 5.40. The maximum Gasteiger partial charge on any atom is 0.226 e. The Morgan fingerprint density at radius 1 is 1.35 bits per heavy atom. The molecule has 3 N–H and O–H groups in total. The third-order valence-electron chi connectivity index (χ3n) is 3.68. The van der Waals surface area contributed by atoms with Gasteiger partial charge in [-0.25, -0.2) is 0 Å². The number of hydrogen-bond acceptors (Lipinski definition) is 3. The van der Waals surface area contributed by atoms with E-state index < -0.39 is 0 Å². The van der Waals surface area contributed by atoms with Gasteiger partial charge in [-0.15, -0.1) is 0 Å². The van der Waals surface area contributed by atoms with Crippen LogP contribution in [0.25, 0.3) is 0 Å². The molecule has 0 spiro atoms. The molecule has 1 rings (SSSR count). The zero-order valence-corrected chi connectivity index (χ0v) is 11.4. The third-order valence-corrected chi connectivity index (χ3v) is 3.68. The van der Waals surface area contributed by atoms with Crippen LogP contribution in [0.3, 0.4) is 0 Å². The van der Waals surface area contributed by atoms with Gasteiger partial charge in [0, 0.05) is 12.6 Å². The van der Waals surface area contributed by atoms with Crippen LogP contribution in [0, 0.1) is 11.8 Å². The van der Waals surface area contributed by atoms with E-state index in [1.807, 2.05) is 20.8 Å². The smallest absolute Gasteiger partial charge is 0.226 e. The number of carbonyl (C=O) groups excluding carboxylic acids is 1. The van der Waals surface area contributed by atoms with E-state index in [4.69, 9.17) is 10.5 Å². The normalized spacial score (nSPS) is 34.6. The van der Waals surface area contributed by atoms with E-state index in [2.05, 4.69) is 12.2 Å². The molecule has 17 heavy (non-hydrogen) atoms. The molecule has 5 atom stereocenters. The Morgan fingerprint density at radius 3 is 2.47 bits per heavy atom. The van der Waals surface area contributed by atoms with Crippen molar-refractivity contribution >= 4 is 5.91 Å². The van der Waals surface area contributed by atoms with Crippen molar-refractivity contribution in [2.45, 2.75) is 58.8 Å². The van der Waals surface area contributed by atoms with Crippen molar-refractivity contribution in [2.24, 2.45) is 17.6 Å². The summed E-state index contributed by atoms with van der Waals surface area (Å²) in [5.41, 5.74) is 5.66. The Hall–Kier alpha value is -0.610. The number of hydrogen-bond donors (Lipinski definition) is 2. The van der Waals surface area contributed by atoms with Crippen LogP contribution in [0.15, 0.2) is 0 Å². The minimum Gasteiger partial charge on any atom is -0.374 e. The Morgan fingerprint density at radius 2 is 2.00 bits per heavy atom. The molecule has 1 amide bonds. The SMILES string of the molecule is CC(N)CCCNC(=O)C1C(C)OC(C)C1C. The van der Waals surface area contributed by atoms with Gasteiger partial charge in [0.05, 0.1) is 18.1 Å². The lowest BCUT2D eigenvalue weighted by Crippen LogP contribution is -2.38. The molecule has 1 fully saturated rings. The van der Waals surface area contributed by atoms with Gasteiger partial charge in [-0.3, -0.25) is 4.79 Å². The van der Waals surface area contributed by atoms with Crippen molar-refractivity contribution in [3.05, 3.63) is 0 Å². The molecule has 1 heterocycles. The Balaban J connectivity index is 2.32. The fourth-order valence-corrected chi connectivity index (χ4v) is 2.47. The second kappa shape index (κ2) is 6.36. The lowest BCUT2D eigenvalue weighted by Gasteiger charge is -2.18. The lowest BCUT2D eigenvalue weighted by atomic mass is 9.89. The summed E-state index contributed by atoms with van der Waals surface area (Å²) in [6.07, 6.45) is 2.08.